The summed E-state index contributed by atoms with van der Waals surface area (Å²) in [4.78, 5) is 1.27. The minimum absolute atomic E-state index is 0.377. The molecule has 0 saturated carbocycles. The molecule has 4 heterocycles. The summed E-state index contributed by atoms with van der Waals surface area (Å²) in [7, 11) is 0. The number of thioether (sulfide) groups is 13. The van der Waals surface area contributed by atoms with Crippen molar-refractivity contribution in [1.29, 1.82) is 0 Å². The van der Waals surface area contributed by atoms with Gasteiger partial charge in [-0.2, -0.15) is 141 Å². The van der Waals surface area contributed by atoms with Gasteiger partial charge in [0.2, 0.25) is 0 Å². The number of hydrogen-bond acceptors (Lipinski definition) is 23. The van der Waals surface area contributed by atoms with Gasteiger partial charge in [0, 0.05) is 158 Å². The number of benzene rings is 7. The molecule has 0 spiro atoms. The van der Waals surface area contributed by atoms with E-state index in [9.17, 15) is 0 Å². The van der Waals surface area contributed by atoms with Crippen LogP contribution in [-0.2, 0) is 28.4 Å². The second-order valence-corrected chi connectivity index (χ2v) is 40.9. The average molecular weight is 1740 g/mol. The highest BCUT2D eigenvalue weighted by Crippen LogP contribution is 2.38. The first-order chi connectivity index (χ1) is 54.5. The van der Waals surface area contributed by atoms with Crippen LogP contribution in [0.4, 0.5) is 0 Å². The second kappa shape index (κ2) is 66.6. The highest BCUT2D eigenvalue weighted by atomic mass is 32.2. The second-order valence-electron chi connectivity index (χ2n) is 25.6. The van der Waals surface area contributed by atoms with Gasteiger partial charge in [0.05, 0.1) is 79.3 Å². The number of ether oxygens (including phenoxy) is 6. The molecule has 0 unspecified atom stereocenters. The Labute approximate surface area is 718 Å². The van der Waals surface area contributed by atoms with Crippen molar-refractivity contribution >= 4 is 153 Å². The molecule has 110 heavy (non-hydrogen) atoms. The van der Waals surface area contributed by atoms with E-state index >= 15 is 0 Å². The number of hydrogen-bond donors (Lipinski definition) is 4. The number of nitrogens with two attached hydrogens (primary N) is 2. The fraction of sp³-hybridized carbons (Fsp3) is 0.517. The summed E-state index contributed by atoms with van der Waals surface area (Å²) in [5.74, 6) is 28.2. The standard InChI is InChI=1S/C43H32S.2C12H26N2S4.C12H24O4S2.C8H16O2S2/c1-44-43-23-11-22-39(30-43)35-18-10-21-38(26-35)42-28-40(36-19-8-16-33(24-36)31-12-4-2-5-13-31)27-41(29-42)37-20-9-17-34(25-37)32-14-6-3-7-15-32;1-5-15-9-10-17-7-3-14-4-8-18-12-11-16-6-2-13-1;13-11-7-15-3-1-4-16-8-12(14)10-18-6-2-5-17-9-11;1-2-14-6-10-18-12-8-16-4-3-15-7-11-17-9-5-13-1;1-5-11-7-3-10-4-8-12-6-2-9-1/h2-30H,1H3;13-14H,1-12H2;11-12H,1-10,13-14H2;1-12H2;1-8H2. The third kappa shape index (κ3) is 46.2. The predicted octanol–water partition coefficient (Wildman–Crippen LogP) is 19.9. The SMILES string of the molecule is C1COCCSCCOCCOCCSCCO1.C1CSCCOCCSCCO1.C1CSCCSCCNCCSCCSCCN1.CSc1cccc(-c2cccc(-c3cc(-c4cccc(-c5ccccc5)c4)cc(-c4cccc(-c5ccccc5)c4)c3)c2)c1.NC1CSCCCSCC(N)CSCCCSC1. The molecule has 606 valence electrons. The van der Waals surface area contributed by atoms with Crippen LogP contribution in [0.15, 0.2) is 181 Å². The summed E-state index contributed by atoms with van der Waals surface area (Å²) in [6.45, 7) is 14.3. The van der Waals surface area contributed by atoms with Gasteiger partial charge in [-0.25, -0.2) is 0 Å². The summed E-state index contributed by atoms with van der Waals surface area (Å²) >= 11 is 25.7. The Morgan fingerprint density at radius 2 is 0.482 bits per heavy atom. The Morgan fingerprint density at radius 1 is 0.245 bits per heavy atom. The van der Waals surface area contributed by atoms with E-state index in [2.05, 4.69) is 240 Å². The largest absolute Gasteiger partial charge is 0.380 e. The van der Waals surface area contributed by atoms with Crippen LogP contribution in [0, 0.1) is 0 Å². The van der Waals surface area contributed by atoms with Gasteiger partial charge in [-0.1, -0.05) is 127 Å². The molecule has 0 radical (unpaired) electrons. The van der Waals surface area contributed by atoms with Gasteiger partial charge in [-0.15, -0.1) is 11.8 Å². The van der Waals surface area contributed by atoms with Crippen LogP contribution in [0.5, 0.6) is 0 Å². The Hall–Kier alpha value is -1.31. The van der Waals surface area contributed by atoms with E-state index in [1.165, 1.54) is 180 Å². The number of rotatable bonds is 7. The van der Waals surface area contributed by atoms with E-state index in [-0.39, 0.29) is 0 Å². The predicted molar refractivity (Wildman–Crippen MR) is 515 cm³/mol. The van der Waals surface area contributed by atoms with E-state index in [1.54, 1.807) is 11.8 Å². The lowest BCUT2D eigenvalue weighted by molar-refractivity contribution is 0.0581. The smallest absolute Gasteiger partial charge is 0.0700 e. The molecule has 7 aromatic carbocycles. The molecule has 0 bridgehead atoms. The Morgan fingerprint density at radius 3 is 0.782 bits per heavy atom. The van der Waals surface area contributed by atoms with Crippen molar-refractivity contribution in [3.63, 3.8) is 0 Å². The Bertz CT molecular complexity index is 3000. The Kier molecular flexibility index (Phi) is 58.0. The van der Waals surface area contributed by atoms with Crippen molar-refractivity contribution in [2.75, 3.05) is 250 Å². The van der Waals surface area contributed by atoms with Crippen LogP contribution < -0.4 is 22.1 Å². The van der Waals surface area contributed by atoms with Crippen LogP contribution in [0.2, 0.25) is 0 Å². The zero-order valence-electron chi connectivity index (χ0n) is 65.0. The van der Waals surface area contributed by atoms with Crippen molar-refractivity contribution in [1.82, 2.24) is 10.6 Å². The zero-order valence-corrected chi connectivity index (χ0v) is 75.6. The van der Waals surface area contributed by atoms with Gasteiger partial charge >= 0.3 is 0 Å². The van der Waals surface area contributed by atoms with Crippen LogP contribution in [0.1, 0.15) is 12.8 Å². The van der Waals surface area contributed by atoms with Gasteiger partial charge in [-0.3, -0.25) is 0 Å². The molecule has 11 rings (SSSR count). The molecule has 7 aromatic rings. The summed E-state index contributed by atoms with van der Waals surface area (Å²) in [6, 6.07) is 64.5. The lowest BCUT2D eigenvalue weighted by atomic mass is 9.90. The molecule has 0 atom stereocenters. The zero-order chi connectivity index (χ0) is 76.7. The molecular formula is C87H124N4O6S13. The molecule has 0 aliphatic carbocycles. The Balaban J connectivity index is 0.000000213. The third-order valence-corrected chi connectivity index (χ3v) is 30.6. The summed E-state index contributed by atoms with van der Waals surface area (Å²) < 4.78 is 32.7. The first kappa shape index (κ1) is 95.8. The molecule has 4 aliphatic rings. The van der Waals surface area contributed by atoms with Crippen molar-refractivity contribution in [3.8, 4) is 66.8 Å². The summed E-state index contributed by atoms with van der Waals surface area (Å²) in [5.41, 5.74) is 26.8. The molecule has 0 amide bonds. The topological polar surface area (TPSA) is 131 Å². The van der Waals surface area contributed by atoms with E-state index in [0.29, 0.717) is 38.5 Å². The van der Waals surface area contributed by atoms with E-state index < -0.39 is 0 Å². The van der Waals surface area contributed by atoms with Gasteiger partial charge in [-0.05, 0) is 157 Å². The maximum absolute atomic E-state index is 6.09. The quantitative estimate of drug-likeness (QED) is 0.113. The first-order valence-corrected chi connectivity index (χ1v) is 54.1. The van der Waals surface area contributed by atoms with E-state index in [1.807, 2.05) is 94.1 Å². The van der Waals surface area contributed by atoms with Crippen molar-refractivity contribution < 1.29 is 28.4 Å². The third-order valence-electron chi connectivity index (χ3n) is 16.8. The fourth-order valence-corrected chi connectivity index (χ4v) is 22.5. The van der Waals surface area contributed by atoms with Crippen LogP contribution in [0.3, 0.4) is 0 Å². The van der Waals surface area contributed by atoms with E-state index in [4.69, 9.17) is 39.9 Å². The first-order valence-electron chi connectivity index (χ1n) is 39.1. The summed E-state index contributed by atoms with van der Waals surface area (Å²) in [5, 5.41) is 7.05. The minimum atomic E-state index is 0.377. The van der Waals surface area contributed by atoms with E-state index in [0.717, 1.165) is 122 Å². The lowest BCUT2D eigenvalue weighted by Crippen LogP contribution is -2.27. The normalized spacial score (nSPS) is 19.9. The van der Waals surface area contributed by atoms with Crippen LogP contribution >= 0.6 is 153 Å². The van der Waals surface area contributed by atoms with Crippen molar-refractivity contribution in [3.05, 3.63) is 176 Å². The monoisotopic (exact) mass is 1740 g/mol. The maximum atomic E-state index is 6.09. The van der Waals surface area contributed by atoms with Gasteiger partial charge in [0.15, 0.2) is 0 Å². The van der Waals surface area contributed by atoms with Crippen molar-refractivity contribution in [2.45, 2.75) is 29.8 Å². The van der Waals surface area contributed by atoms with Gasteiger partial charge < -0.3 is 50.5 Å². The summed E-state index contributed by atoms with van der Waals surface area (Å²) in [6.07, 6.45) is 4.70. The lowest BCUT2D eigenvalue weighted by Gasteiger charge is -2.14. The highest BCUT2D eigenvalue weighted by molar-refractivity contribution is 8.04. The minimum Gasteiger partial charge on any atom is -0.380 e. The molecule has 6 N–H and O–H groups in total. The van der Waals surface area contributed by atoms with Crippen molar-refractivity contribution in [2.24, 2.45) is 11.5 Å². The van der Waals surface area contributed by atoms with Crippen LogP contribution in [0.25, 0.3) is 66.8 Å². The molecule has 23 heteroatoms. The molecule has 0 aromatic heterocycles. The molecule has 10 nitrogen and oxygen atoms in total. The molecule has 4 saturated heterocycles. The van der Waals surface area contributed by atoms with Crippen LogP contribution in [-0.4, -0.2) is 262 Å². The molecule has 4 fully saturated rings. The maximum Gasteiger partial charge on any atom is 0.0700 e. The van der Waals surface area contributed by atoms with Gasteiger partial charge in [0.25, 0.3) is 0 Å². The highest BCUT2D eigenvalue weighted by Gasteiger charge is 2.13. The molecule has 4 aliphatic heterocycles. The van der Waals surface area contributed by atoms with Gasteiger partial charge in [0.1, 0.15) is 0 Å². The fourth-order valence-electron chi connectivity index (χ4n) is 11.1. The number of nitrogens with one attached hydrogen (secondary N) is 2. The molecular weight excluding hydrogens is 1610 g/mol. The average Bonchev–Trinajstić information content (AvgIpc) is 0.789.